The van der Waals surface area contributed by atoms with E-state index in [4.69, 9.17) is 11.0 Å². The van der Waals surface area contributed by atoms with Crippen LogP contribution in [0.4, 0.5) is 5.82 Å². The molecule has 0 radical (unpaired) electrons. The van der Waals surface area contributed by atoms with Crippen LogP contribution in [0.25, 0.3) is 0 Å². The van der Waals surface area contributed by atoms with Gasteiger partial charge in [-0.15, -0.1) is 0 Å². The van der Waals surface area contributed by atoms with Crippen molar-refractivity contribution in [2.75, 3.05) is 18.9 Å². The Balaban J connectivity index is 3.45. The lowest BCUT2D eigenvalue weighted by atomic mass is 10.6. The molecular weight excluding hydrogens is 194 g/mol. The molecular formula is C6H8BrN3. The van der Waals surface area contributed by atoms with Crippen LogP contribution in [-0.2, 0) is 0 Å². The van der Waals surface area contributed by atoms with Crippen molar-refractivity contribution in [2.45, 2.75) is 0 Å². The van der Waals surface area contributed by atoms with Crippen LogP contribution in [0.2, 0.25) is 0 Å². The minimum Gasteiger partial charge on any atom is -0.361 e. The summed E-state index contributed by atoms with van der Waals surface area (Å²) in [6, 6.07) is 0. The average molecular weight is 210 g/mol. The Bertz CT molecular complexity index is 441. The molecule has 4 heteroatoms. The molecule has 0 amide bonds. The molecule has 0 unspecified atom stereocenters. The molecule has 54 valence electrons. The Hall–Kier alpha value is -0.640. The standard InChI is InChI=1S/C6H8BrN3/c1-10(2)6-4-8-3-5(7)9-6/h3-4H,1-2H3/i1D3,2D3,3D,4D. The summed E-state index contributed by atoms with van der Waals surface area (Å²) in [7, 11) is 0. The third-order valence-electron chi connectivity index (χ3n) is 0.720. The fraction of sp³-hybridized carbons (Fsp3) is 0.333. The fourth-order valence-corrected chi connectivity index (χ4v) is 0.624. The van der Waals surface area contributed by atoms with Crippen molar-refractivity contribution in [3.63, 3.8) is 0 Å². The van der Waals surface area contributed by atoms with E-state index >= 15 is 0 Å². The first-order chi connectivity index (χ1) is 7.94. The maximum absolute atomic E-state index is 7.44. The molecule has 1 aromatic heterocycles. The van der Waals surface area contributed by atoms with Crippen LogP contribution in [-0.4, -0.2) is 23.9 Å². The quantitative estimate of drug-likeness (QED) is 0.699. The van der Waals surface area contributed by atoms with Gasteiger partial charge >= 0.3 is 0 Å². The molecule has 10 heavy (non-hydrogen) atoms. The first-order valence-corrected chi connectivity index (χ1v) is 3.05. The smallest absolute Gasteiger partial charge is 0.147 e. The molecule has 1 rings (SSSR count). The van der Waals surface area contributed by atoms with E-state index in [2.05, 4.69) is 25.9 Å². The Morgan fingerprint density at radius 1 is 1.70 bits per heavy atom. The van der Waals surface area contributed by atoms with Crippen LogP contribution in [0.1, 0.15) is 11.0 Å². The van der Waals surface area contributed by atoms with Crippen LogP contribution in [0.5, 0.6) is 0 Å². The van der Waals surface area contributed by atoms with E-state index in [9.17, 15) is 0 Å². The average Bonchev–Trinajstić information content (AvgIpc) is 2.09. The van der Waals surface area contributed by atoms with Gasteiger partial charge in [0.25, 0.3) is 0 Å². The van der Waals surface area contributed by atoms with Crippen LogP contribution < -0.4 is 4.90 Å². The lowest BCUT2D eigenvalue weighted by Gasteiger charge is -2.09. The van der Waals surface area contributed by atoms with Gasteiger partial charge in [-0.1, -0.05) is 0 Å². The summed E-state index contributed by atoms with van der Waals surface area (Å²) in [6.07, 6.45) is -1.06. The van der Waals surface area contributed by atoms with Gasteiger partial charge in [-0.05, 0) is 15.9 Å². The molecule has 0 saturated carbocycles. The maximum Gasteiger partial charge on any atom is 0.147 e. The molecule has 0 spiro atoms. The summed E-state index contributed by atoms with van der Waals surface area (Å²) in [5.74, 6) is -0.627. The summed E-state index contributed by atoms with van der Waals surface area (Å²) in [6.45, 7) is -6.00. The summed E-state index contributed by atoms with van der Waals surface area (Å²) in [4.78, 5) is 7.05. The van der Waals surface area contributed by atoms with Crippen molar-refractivity contribution in [3.8, 4) is 0 Å². The number of hydrogen-bond donors (Lipinski definition) is 0. The highest BCUT2D eigenvalue weighted by Gasteiger charge is 1.95. The minimum atomic E-state index is -3.00. The number of anilines is 1. The van der Waals surface area contributed by atoms with E-state index in [1.165, 1.54) is 0 Å². The van der Waals surface area contributed by atoms with E-state index < -0.39 is 25.9 Å². The van der Waals surface area contributed by atoms with E-state index in [-0.39, 0.29) is 15.7 Å². The van der Waals surface area contributed by atoms with E-state index in [0.717, 1.165) is 0 Å². The monoisotopic (exact) mass is 209 g/mol. The maximum atomic E-state index is 7.44. The second-order valence-corrected chi connectivity index (χ2v) is 2.15. The van der Waals surface area contributed by atoms with Gasteiger partial charge in [0.05, 0.1) is 15.1 Å². The van der Waals surface area contributed by atoms with E-state index in [1.807, 2.05) is 0 Å². The highest BCUT2D eigenvalue weighted by atomic mass is 79.9. The third kappa shape index (κ3) is 1.67. The molecule has 0 bridgehead atoms. The topological polar surface area (TPSA) is 29.0 Å². The molecule has 3 nitrogen and oxygen atoms in total. The molecule has 0 saturated heterocycles. The number of nitrogens with zero attached hydrogens (tertiary/aromatic N) is 3. The van der Waals surface area contributed by atoms with E-state index in [0.29, 0.717) is 0 Å². The van der Waals surface area contributed by atoms with Crippen molar-refractivity contribution in [2.24, 2.45) is 0 Å². The molecule has 0 atom stereocenters. The van der Waals surface area contributed by atoms with Crippen LogP contribution in [0, 0.1) is 0 Å². The van der Waals surface area contributed by atoms with Crippen molar-refractivity contribution < 1.29 is 11.0 Å². The van der Waals surface area contributed by atoms with Gasteiger partial charge in [-0.25, -0.2) is 4.98 Å². The zero-order valence-electron chi connectivity index (χ0n) is 12.7. The minimum absolute atomic E-state index is 0.0551. The number of rotatable bonds is 1. The molecule has 0 aromatic carbocycles. The number of hydrogen-bond acceptors (Lipinski definition) is 3. The highest BCUT2D eigenvalue weighted by Crippen LogP contribution is 2.09. The van der Waals surface area contributed by atoms with Crippen LogP contribution in [0.15, 0.2) is 16.9 Å². The van der Waals surface area contributed by atoms with Gasteiger partial charge < -0.3 is 4.90 Å². The van der Waals surface area contributed by atoms with Crippen LogP contribution in [0.3, 0.4) is 0 Å². The van der Waals surface area contributed by atoms with Gasteiger partial charge in [-0.3, -0.25) is 4.98 Å². The van der Waals surface area contributed by atoms with Gasteiger partial charge in [0.2, 0.25) is 0 Å². The Morgan fingerprint density at radius 3 is 3.20 bits per heavy atom. The third-order valence-corrected chi connectivity index (χ3v) is 1.07. The summed E-state index contributed by atoms with van der Waals surface area (Å²) < 4.78 is 57.7. The first-order valence-electron chi connectivity index (χ1n) is 6.25. The first kappa shape index (κ1) is 2.17. The predicted molar refractivity (Wildman–Crippen MR) is 44.1 cm³/mol. The highest BCUT2D eigenvalue weighted by molar-refractivity contribution is 9.10. The lowest BCUT2D eigenvalue weighted by Crippen LogP contribution is -2.10. The molecule has 0 fully saturated rings. The predicted octanol–water partition coefficient (Wildman–Crippen LogP) is 1.31. The molecule has 1 heterocycles. The zero-order valence-corrected chi connectivity index (χ0v) is 6.31. The van der Waals surface area contributed by atoms with Crippen molar-refractivity contribution in [3.05, 3.63) is 16.9 Å². The summed E-state index contributed by atoms with van der Waals surface area (Å²) >= 11 is 2.84. The Labute approximate surface area is 79.5 Å². The SMILES string of the molecule is [2H]c1nc([2H])c(N(C([2H])([2H])[2H])C([2H])([2H])[2H])nc1Br. The molecule has 0 N–H and O–H groups in total. The second-order valence-electron chi connectivity index (χ2n) is 1.40. The van der Waals surface area contributed by atoms with Crippen molar-refractivity contribution in [1.82, 2.24) is 9.97 Å². The Kier molecular flexibility index (Phi) is 0.643. The fourth-order valence-electron chi connectivity index (χ4n) is 0.367. The molecule has 1 aromatic rings. The van der Waals surface area contributed by atoms with Crippen molar-refractivity contribution in [1.29, 1.82) is 0 Å². The van der Waals surface area contributed by atoms with Gasteiger partial charge in [0.1, 0.15) is 10.4 Å². The van der Waals surface area contributed by atoms with E-state index in [1.54, 1.807) is 0 Å². The molecule has 0 aliphatic carbocycles. The molecule has 0 aliphatic heterocycles. The van der Waals surface area contributed by atoms with Gasteiger partial charge in [0.15, 0.2) is 0 Å². The second kappa shape index (κ2) is 2.96. The van der Waals surface area contributed by atoms with Crippen LogP contribution >= 0.6 is 15.9 Å². The normalized spacial score (nSPS) is 23.7. The van der Waals surface area contributed by atoms with Gasteiger partial charge in [0, 0.05) is 22.2 Å². The lowest BCUT2D eigenvalue weighted by molar-refractivity contribution is 1.03. The Morgan fingerprint density at radius 2 is 2.50 bits per heavy atom. The number of halogens is 1. The summed E-state index contributed by atoms with van der Waals surface area (Å²) in [5, 5.41) is 0. The largest absolute Gasteiger partial charge is 0.361 e. The van der Waals surface area contributed by atoms with Crippen molar-refractivity contribution >= 4 is 21.7 Å². The molecule has 0 aliphatic rings. The summed E-state index contributed by atoms with van der Waals surface area (Å²) in [5.41, 5.74) is 0. The zero-order chi connectivity index (χ0) is 14.3. The number of aromatic nitrogens is 2. The van der Waals surface area contributed by atoms with Gasteiger partial charge in [-0.2, -0.15) is 0 Å².